The molecule has 2 aromatic carbocycles. The van der Waals surface area contributed by atoms with Crippen LogP contribution in [0.2, 0.25) is 10.0 Å². The Balaban J connectivity index is 1.98. The zero-order chi connectivity index (χ0) is 17.3. The third-order valence-corrected chi connectivity index (χ3v) is 4.02. The molecule has 0 fully saturated rings. The van der Waals surface area contributed by atoms with Crippen LogP contribution < -0.4 is 10.4 Å². The van der Waals surface area contributed by atoms with E-state index in [1.807, 2.05) is 24.3 Å². The number of hydrogen-bond acceptors (Lipinski definition) is 3. The summed E-state index contributed by atoms with van der Waals surface area (Å²) in [5, 5.41) is 11.2. The number of rotatable bonds is 4. The van der Waals surface area contributed by atoms with E-state index in [-0.39, 0.29) is 5.88 Å². The molecule has 0 radical (unpaired) electrons. The maximum absolute atomic E-state index is 12.2. The van der Waals surface area contributed by atoms with Gasteiger partial charge in [0.05, 0.1) is 18.5 Å². The minimum absolute atomic E-state index is 0.172. The average molecular weight is 365 g/mol. The van der Waals surface area contributed by atoms with Gasteiger partial charge in [-0.2, -0.15) is 0 Å². The summed E-state index contributed by atoms with van der Waals surface area (Å²) in [6.07, 6.45) is 0.367. The predicted octanol–water partition coefficient (Wildman–Crippen LogP) is 3.78. The predicted molar refractivity (Wildman–Crippen MR) is 93.9 cm³/mol. The van der Waals surface area contributed by atoms with E-state index in [2.05, 4.69) is 4.98 Å². The van der Waals surface area contributed by atoms with Crippen molar-refractivity contribution in [2.24, 2.45) is 0 Å². The fourth-order valence-corrected chi connectivity index (χ4v) is 2.97. The van der Waals surface area contributed by atoms with Crippen LogP contribution in [0.5, 0.6) is 11.6 Å². The van der Waals surface area contributed by atoms with Crippen LogP contribution in [-0.4, -0.2) is 21.8 Å². The lowest BCUT2D eigenvalue weighted by Gasteiger charge is -2.06. The highest BCUT2D eigenvalue weighted by molar-refractivity contribution is 6.34. The highest BCUT2D eigenvalue weighted by Crippen LogP contribution is 2.26. The molecule has 7 heteroatoms. The Labute approximate surface area is 148 Å². The van der Waals surface area contributed by atoms with Crippen molar-refractivity contribution in [3.8, 4) is 17.3 Å². The first kappa shape index (κ1) is 16.5. The van der Waals surface area contributed by atoms with Gasteiger partial charge in [-0.15, -0.1) is 0 Å². The van der Waals surface area contributed by atoms with Gasteiger partial charge in [-0.25, -0.2) is 9.36 Å². The first-order chi connectivity index (χ1) is 11.5. The van der Waals surface area contributed by atoms with Gasteiger partial charge in [-0.1, -0.05) is 35.3 Å². The van der Waals surface area contributed by atoms with Crippen molar-refractivity contribution >= 4 is 23.2 Å². The first-order valence-corrected chi connectivity index (χ1v) is 7.86. The normalized spacial score (nSPS) is 10.8. The quantitative estimate of drug-likeness (QED) is 0.740. The third-order valence-electron chi connectivity index (χ3n) is 3.59. The van der Waals surface area contributed by atoms with Crippen LogP contribution in [-0.2, 0) is 6.42 Å². The molecular weight excluding hydrogens is 351 g/mol. The number of nitrogens with zero attached hydrogens (tertiary/aromatic N) is 1. The number of ether oxygens (including phenoxy) is 1. The molecule has 0 atom stereocenters. The molecule has 1 heterocycles. The maximum Gasteiger partial charge on any atom is 0.333 e. The second kappa shape index (κ2) is 6.63. The molecule has 0 amide bonds. The second-order valence-electron chi connectivity index (χ2n) is 5.22. The fourth-order valence-electron chi connectivity index (χ4n) is 2.45. The van der Waals surface area contributed by atoms with Crippen molar-refractivity contribution in [3.63, 3.8) is 0 Å². The van der Waals surface area contributed by atoms with Gasteiger partial charge in [0.1, 0.15) is 5.75 Å². The van der Waals surface area contributed by atoms with Crippen LogP contribution in [0, 0.1) is 0 Å². The zero-order valence-corrected chi connectivity index (χ0v) is 14.2. The lowest BCUT2D eigenvalue weighted by molar-refractivity contribution is 0.414. The topological polar surface area (TPSA) is 67.2 Å². The zero-order valence-electron chi connectivity index (χ0n) is 12.7. The van der Waals surface area contributed by atoms with Crippen molar-refractivity contribution < 1.29 is 9.84 Å². The van der Waals surface area contributed by atoms with Crippen molar-refractivity contribution in [1.82, 2.24) is 9.55 Å². The minimum atomic E-state index is -0.464. The molecule has 124 valence electrons. The van der Waals surface area contributed by atoms with Gasteiger partial charge in [0.2, 0.25) is 5.88 Å². The molecule has 0 saturated heterocycles. The monoisotopic (exact) mass is 364 g/mol. The average Bonchev–Trinajstić information content (AvgIpc) is 2.81. The van der Waals surface area contributed by atoms with E-state index < -0.39 is 5.69 Å². The highest BCUT2D eigenvalue weighted by atomic mass is 35.5. The van der Waals surface area contributed by atoms with Crippen LogP contribution in [0.4, 0.5) is 0 Å². The van der Waals surface area contributed by atoms with Crippen molar-refractivity contribution in [2.75, 3.05) is 7.11 Å². The number of methoxy groups -OCH3 is 1. The highest BCUT2D eigenvalue weighted by Gasteiger charge is 2.16. The standard InChI is InChI=1S/C17H14Cl2N2O3/c1-24-14-4-2-10(3-5-14)6-15-16(22)21(17(23)20-15)13-8-11(18)7-12(19)9-13/h2-5,7-9,22H,6H2,1H3,(H,20,23). The van der Waals surface area contributed by atoms with Crippen LogP contribution in [0.15, 0.2) is 47.3 Å². The summed E-state index contributed by atoms with van der Waals surface area (Å²) >= 11 is 11.9. The number of aromatic nitrogens is 2. The number of H-pyrrole nitrogens is 1. The number of aromatic amines is 1. The molecule has 0 spiro atoms. The van der Waals surface area contributed by atoms with E-state index >= 15 is 0 Å². The lowest BCUT2D eigenvalue weighted by Crippen LogP contribution is -2.14. The largest absolute Gasteiger partial charge is 0.497 e. The SMILES string of the molecule is COc1ccc(Cc2[nH]c(=O)n(-c3cc(Cl)cc(Cl)c3)c2O)cc1. The van der Waals surface area contributed by atoms with E-state index in [9.17, 15) is 9.90 Å². The van der Waals surface area contributed by atoms with Gasteiger partial charge in [-0.3, -0.25) is 0 Å². The van der Waals surface area contributed by atoms with Gasteiger partial charge < -0.3 is 14.8 Å². The molecule has 0 aliphatic carbocycles. The second-order valence-corrected chi connectivity index (χ2v) is 6.09. The maximum atomic E-state index is 12.2. The molecule has 2 N–H and O–H groups in total. The van der Waals surface area contributed by atoms with Gasteiger partial charge in [0.25, 0.3) is 0 Å². The van der Waals surface area contributed by atoms with Crippen molar-refractivity contribution in [2.45, 2.75) is 6.42 Å². The molecule has 3 rings (SSSR count). The number of nitrogens with one attached hydrogen (secondary N) is 1. The van der Waals surface area contributed by atoms with Gasteiger partial charge >= 0.3 is 5.69 Å². The summed E-state index contributed by atoms with van der Waals surface area (Å²) < 4.78 is 6.25. The smallest absolute Gasteiger partial charge is 0.333 e. The minimum Gasteiger partial charge on any atom is -0.497 e. The Morgan fingerprint density at radius 1 is 1.12 bits per heavy atom. The molecule has 0 aliphatic rings. The van der Waals surface area contributed by atoms with E-state index in [1.54, 1.807) is 25.3 Å². The Bertz CT molecular complexity index is 910. The summed E-state index contributed by atoms with van der Waals surface area (Å²) in [5.74, 6) is 0.566. The molecule has 5 nitrogen and oxygen atoms in total. The van der Waals surface area contributed by atoms with E-state index in [4.69, 9.17) is 27.9 Å². The van der Waals surface area contributed by atoms with E-state index in [0.717, 1.165) is 15.9 Å². The van der Waals surface area contributed by atoms with Gasteiger partial charge in [-0.05, 0) is 35.9 Å². The Morgan fingerprint density at radius 2 is 1.75 bits per heavy atom. The number of hydrogen-bond donors (Lipinski definition) is 2. The van der Waals surface area contributed by atoms with Crippen LogP contribution in [0.25, 0.3) is 5.69 Å². The van der Waals surface area contributed by atoms with Crippen molar-refractivity contribution in [3.05, 3.63) is 74.3 Å². The van der Waals surface area contributed by atoms with Crippen LogP contribution in [0.1, 0.15) is 11.3 Å². The Morgan fingerprint density at radius 3 is 2.33 bits per heavy atom. The molecule has 0 saturated carbocycles. The van der Waals surface area contributed by atoms with Gasteiger partial charge in [0, 0.05) is 16.5 Å². The van der Waals surface area contributed by atoms with Crippen LogP contribution >= 0.6 is 23.2 Å². The third kappa shape index (κ3) is 3.27. The summed E-state index contributed by atoms with van der Waals surface area (Å²) in [7, 11) is 1.59. The van der Waals surface area contributed by atoms with Gasteiger partial charge in [0.15, 0.2) is 0 Å². The molecule has 0 aliphatic heterocycles. The number of aromatic hydroxyl groups is 1. The Kier molecular flexibility index (Phi) is 4.55. The summed E-state index contributed by atoms with van der Waals surface area (Å²) in [6, 6.07) is 12.0. The Hall–Kier alpha value is -2.37. The number of halogens is 2. The summed E-state index contributed by atoms with van der Waals surface area (Å²) in [6.45, 7) is 0. The molecule has 3 aromatic rings. The summed E-state index contributed by atoms with van der Waals surface area (Å²) in [4.78, 5) is 14.9. The molecule has 24 heavy (non-hydrogen) atoms. The molecule has 0 unspecified atom stereocenters. The molecule has 1 aromatic heterocycles. The van der Waals surface area contributed by atoms with E-state index in [1.165, 1.54) is 0 Å². The molecular formula is C17H14Cl2N2O3. The lowest BCUT2D eigenvalue weighted by atomic mass is 10.1. The fraction of sp³-hybridized carbons (Fsp3) is 0.118. The van der Waals surface area contributed by atoms with Crippen molar-refractivity contribution in [1.29, 1.82) is 0 Å². The number of imidazole rings is 1. The van der Waals surface area contributed by atoms with E-state index in [0.29, 0.717) is 27.8 Å². The van der Waals surface area contributed by atoms with Crippen LogP contribution in [0.3, 0.4) is 0 Å². The summed E-state index contributed by atoms with van der Waals surface area (Å²) in [5.41, 5.74) is 1.26. The molecule has 0 bridgehead atoms. The first-order valence-electron chi connectivity index (χ1n) is 7.10. The number of benzene rings is 2.